The molecule has 2 aliphatic rings. The third-order valence-corrected chi connectivity index (χ3v) is 4.18. The fourth-order valence-electron chi connectivity index (χ4n) is 3.09. The first-order valence-corrected chi connectivity index (χ1v) is 7.68. The van der Waals surface area contributed by atoms with E-state index in [0.717, 1.165) is 41.1 Å². The van der Waals surface area contributed by atoms with E-state index in [4.69, 9.17) is 0 Å². The average Bonchev–Trinajstić information content (AvgIpc) is 2.96. The maximum atomic E-state index is 12.7. The molecule has 0 fully saturated rings. The molecule has 4 heteroatoms. The van der Waals surface area contributed by atoms with Gasteiger partial charge >= 0.3 is 0 Å². The zero-order valence-corrected chi connectivity index (χ0v) is 13.2. The van der Waals surface area contributed by atoms with E-state index < -0.39 is 0 Å². The second kappa shape index (κ2) is 5.44. The largest absolute Gasteiger partial charge is 0.359 e. The van der Waals surface area contributed by atoms with Crippen molar-refractivity contribution in [2.24, 2.45) is 0 Å². The third-order valence-electron chi connectivity index (χ3n) is 4.18. The van der Waals surface area contributed by atoms with Crippen molar-refractivity contribution in [3.63, 3.8) is 0 Å². The number of aryl methyl sites for hydroxylation is 2. The first kappa shape index (κ1) is 14.6. The zero-order valence-electron chi connectivity index (χ0n) is 13.2. The smallest absolute Gasteiger partial charge is 0.265 e. The Morgan fingerprint density at radius 1 is 1.41 bits per heavy atom. The molecule has 1 N–H and O–H groups in total. The Kier molecular flexibility index (Phi) is 3.61. The summed E-state index contributed by atoms with van der Waals surface area (Å²) in [6.45, 7) is 5.79. The van der Waals surface area contributed by atoms with Crippen LogP contribution in [0.15, 0.2) is 35.1 Å². The van der Waals surface area contributed by atoms with Crippen LogP contribution in [0.5, 0.6) is 0 Å². The first-order chi connectivity index (χ1) is 10.5. The molecule has 0 spiro atoms. The van der Waals surface area contributed by atoms with Gasteiger partial charge in [-0.2, -0.15) is 0 Å². The summed E-state index contributed by atoms with van der Waals surface area (Å²) in [4.78, 5) is 29.5. The number of nitrogens with zero attached hydrogens (tertiary/aromatic N) is 1. The summed E-state index contributed by atoms with van der Waals surface area (Å²) in [6, 6.07) is 2.05. The number of carbonyl (C=O) groups is 2. The van der Waals surface area contributed by atoms with E-state index in [-0.39, 0.29) is 11.8 Å². The van der Waals surface area contributed by atoms with Crippen molar-refractivity contribution >= 4 is 17.9 Å². The maximum absolute atomic E-state index is 12.7. The Morgan fingerprint density at radius 2 is 2.18 bits per heavy atom. The van der Waals surface area contributed by atoms with Gasteiger partial charge in [-0.3, -0.25) is 9.59 Å². The standard InChI is InChI=1S/C18H20N2O2/c1-4-17(21)20-16-8-6-5-7-13(16)14(18(20)22)10-15-11(2)9-12(3)19-15/h6,8-10,19H,4-5,7H2,1-3H3/b14-10-. The summed E-state index contributed by atoms with van der Waals surface area (Å²) in [5, 5.41) is 0. The SMILES string of the molecule is CCC(=O)N1C(=O)/C(=C\c2[nH]c(C)cc2C)C2=C1C=CCC2. The number of hydrogen-bond acceptors (Lipinski definition) is 2. The summed E-state index contributed by atoms with van der Waals surface area (Å²) in [5.41, 5.74) is 5.50. The lowest BCUT2D eigenvalue weighted by Crippen LogP contribution is -2.31. The van der Waals surface area contributed by atoms with Gasteiger partial charge in [0.15, 0.2) is 0 Å². The number of hydrogen-bond donors (Lipinski definition) is 1. The molecule has 0 saturated heterocycles. The molecule has 1 aliphatic heterocycles. The number of rotatable bonds is 2. The van der Waals surface area contributed by atoms with Crippen LogP contribution in [-0.4, -0.2) is 21.7 Å². The predicted molar refractivity (Wildman–Crippen MR) is 85.8 cm³/mol. The minimum Gasteiger partial charge on any atom is -0.359 e. The van der Waals surface area contributed by atoms with Crippen molar-refractivity contribution in [3.05, 3.63) is 52.0 Å². The first-order valence-electron chi connectivity index (χ1n) is 7.68. The zero-order chi connectivity index (χ0) is 15.9. The molecule has 4 nitrogen and oxygen atoms in total. The third kappa shape index (κ3) is 2.25. The molecule has 0 saturated carbocycles. The van der Waals surface area contributed by atoms with E-state index in [1.807, 2.05) is 32.1 Å². The molecule has 22 heavy (non-hydrogen) atoms. The molecule has 0 atom stereocenters. The molecule has 0 radical (unpaired) electrons. The van der Waals surface area contributed by atoms with Crippen molar-refractivity contribution in [1.29, 1.82) is 0 Å². The van der Waals surface area contributed by atoms with E-state index >= 15 is 0 Å². The van der Waals surface area contributed by atoms with Gasteiger partial charge in [-0.15, -0.1) is 0 Å². The fraction of sp³-hybridized carbons (Fsp3) is 0.333. The van der Waals surface area contributed by atoms with E-state index in [1.165, 1.54) is 4.90 Å². The van der Waals surface area contributed by atoms with Gasteiger partial charge in [0.05, 0.1) is 5.70 Å². The summed E-state index contributed by atoms with van der Waals surface area (Å²) in [7, 11) is 0. The Balaban J connectivity index is 2.10. The lowest BCUT2D eigenvalue weighted by atomic mass is 9.97. The molecule has 0 bridgehead atoms. The number of amides is 2. The Labute approximate surface area is 130 Å². The van der Waals surface area contributed by atoms with E-state index in [0.29, 0.717) is 12.0 Å². The van der Waals surface area contributed by atoms with Crippen molar-refractivity contribution in [2.75, 3.05) is 0 Å². The van der Waals surface area contributed by atoms with Crippen LogP contribution in [-0.2, 0) is 9.59 Å². The van der Waals surface area contributed by atoms with Crippen molar-refractivity contribution in [1.82, 2.24) is 9.88 Å². The van der Waals surface area contributed by atoms with E-state index in [1.54, 1.807) is 6.92 Å². The molecule has 1 aromatic rings. The van der Waals surface area contributed by atoms with Crippen LogP contribution in [0, 0.1) is 13.8 Å². The highest BCUT2D eigenvalue weighted by Crippen LogP contribution is 2.37. The van der Waals surface area contributed by atoms with Crippen molar-refractivity contribution in [2.45, 2.75) is 40.0 Å². The van der Waals surface area contributed by atoms with Gasteiger partial charge in [-0.25, -0.2) is 4.90 Å². The molecular formula is C18H20N2O2. The number of allylic oxidation sites excluding steroid dienone is 2. The van der Waals surface area contributed by atoms with E-state index in [2.05, 4.69) is 11.1 Å². The molecule has 2 heterocycles. The lowest BCUT2D eigenvalue weighted by molar-refractivity contribution is -0.138. The van der Waals surface area contributed by atoms with Crippen LogP contribution >= 0.6 is 0 Å². The topological polar surface area (TPSA) is 53.2 Å². The number of nitrogens with one attached hydrogen (secondary N) is 1. The molecular weight excluding hydrogens is 276 g/mol. The fourth-order valence-corrected chi connectivity index (χ4v) is 3.09. The highest BCUT2D eigenvalue weighted by molar-refractivity contribution is 6.14. The monoisotopic (exact) mass is 296 g/mol. The highest BCUT2D eigenvalue weighted by atomic mass is 16.2. The quantitative estimate of drug-likeness (QED) is 0.850. The maximum Gasteiger partial charge on any atom is 0.265 e. The molecule has 0 aromatic carbocycles. The average molecular weight is 296 g/mol. The van der Waals surface area contributed by atoms with Gasteiger partial charge in [0.1, 0.15) is 0 Å². The normalized spacial score (nSPS) is 19.3. The van der Waals surface area contributed by atoms with Gasteiger partial charge in [-0.05, 0) is 56.0 Å². The number of H-pyrrole nitrogens is 1. The molecule has 0 unspecified atom stereocenters. The van der Waals surface area contributed by atoms with Gasteiger partial charge in [0.2, 0.25) is 5.91 Å². The lowest BCUT2D eigenvalue weighted by Gasteiger charge is -2.16. The van der Waals surface area contributed by atoms with Crippen LogP contribution in [0.25, 0.3) is 6.08 Å². The van der Waals surface area contributed by atoms with Gasteiger partial charge in [0.25, 0.3) is 5.91 Å². The number of aromatic amines is 1. The summed E-state index contributed by atoms with van der Waals surface area (Å²) < 4.78 is 0. The second-order valence-corrected chi connectivity index (χ2v) is 5.80. The summed E-state index contributed by atoms with van der Waals surface area (Å²) in [5.74, 6) is -0.345. The Bertz CT molecular complexity index is 747. The second-order valence-electron chi connectivity index (χ2n) is 5.80. The number of carbonyl (C=O) groups excluding carboxylic acids is 2. The highest BCUT2D eigenvalue weighted by Gasteiger charge is 2.37. The van der Waals surface area contributed by atoms with Crippen LogP contribution in [0.1, 0.15) is 43.1 Å². The molecule has 1 aliphatic carbocycles. The van der Waals surface area contributed by atoms with Crippen LogP contribution in [0.2, 0.25) is 0 Å². The molecule has 1 aromatic heterocycles. The number of imide groups is 1. The molecule has 114 valence electrons. The Morgan fingerprint density at radius 3 is 2.82 bits per heavy atom. The van der Waals surface area contributed by atoms with Crippen molar-refractivity contribution < 1.29 is 9.59 Å². The van der Waals surface area contributed by atoms with Gasteiger partial charge in [0, 0.05) is 23.4 Å². The van der Waals surface area contributed by atoms with Crippen LogP contribution < -0.4 is 0 Å². The number of aromatic nitrogens is 1. The summed E-state index contributed by atoms with van der Waals surface area (Å²) >= 11 is 0. The Hall–Kier alpha value is -2.36. The molecule has 2 amide bonds. The minimum atomic E-state index is -0.199. The van der Waals surface area contributed by atoms with Gasteiger partial charge in [-0.1, -0.05) is 13.0 Å². The molecule has 3 rings (SSSR count). The van der Waals surface area contributed by atoms with Crippen LogP contribution in [0.3, 0.4) is 0 Å². The van der Waals surface area contributed by atoms with Gasteiger partial charge < -0.3 is 4.98 Å². The van der Waals surface area contributed by atoms with Crippen LogP contribution in [0.4, 0.5) is 0 Å². The summed E-state index contributed by atoms with van der Waals surface area (Å²) in [6.07, 6.45) is 7.84. The van der Waals surface area contributed by atoms with E-state index in [9.17, 15) is 9.59 Å². The minimum absolute atomic E-state index is 0.146. The predicted octanol–water partition coefficient (Wildman–Crippen LogP) is 3.40. The van der Waals surface area contributed by atoms with Crippen molar-refractivity contribution in [3.8, 4) is 0 Å².